The number of carbonyl (C=O) groups excluding carboxylic acids is 1. The van der Waals surface area contributed by atoms with Crippen molar-refractivity contribution in [2.24, 2.45) is 10.4 Å². The summed E-state index contributed by atoms with van der Waals surface area (Å²) in [7, 11) is 3.54. The van der Waals surface area contributed by atoms with Gasteiger partial charge in [-0.3, -0.25) is 4.99 Å². The van der Waals surface area contributed by atoms with Crippen LogP contribution in [0.15, 0.2) is 4.99 Å². The second-order valence-electron chi connectivity index (χ2n) is 8.40. The number of aliphatic imine (C=N–C) groups is 1. The molecule has 0 spiro atoms. The van der Waals surface area contributed by atoms with Crippen LogP contribution in [0.25, 0.3) is 0 Å². The molecule has 142 valence electrons. The number of amides is 1. The van der Waals surface area contributed by atoms with Crippen molar-refractivity contribution in [2.75, 3.05) is 33.7 Å². The fourth-order valence-electron chi connectivity index (χ4n) is 2.46. The van der Waals surface area contributed by atoms with Gasteiger partial charge >= 0.3 is 6.09 Å². The van der Waals surface area contributed by atoms with E-state index < -0.39 is 5.60 Å². The summed E-state index contributed by atoms with van der Waals surface area (Å²) in [5.74, 6) is 0.881. The van der Waals surface area contributed by atoms with E-state index in [1.165, 1.54) is 0 Å². The number of guanidine groups is 1. The van der Waals surface area contributed by atoms with Crippen LogP contribution in [0.3, 0.4) is 0 Å². The van der Waals surface area contributed by atoms with Gasteiger partial charge in [0.15, 0.2) is 5.96 Å². The zero-order valence-electron chi connectivity index (χ0n) is 16.7. The third-order valence-electron chi connectivity index (χ3n) is 4.79. The van der Waals surface area contributed by atoms with Gasteiger partial charge in [0.1, 0.15) is 5.60 Å². The number of nitrogens with one attached hydrogen (secondary N) is 1. The number of likely N-dealkylation sites (N-methyl/N-ethyl adjacent to an activating group) is 1. The molecule has 0 aromatic rings. The third-order valence-corrected chi connectivity index (χ3v) is 4.79. The summed E-state index contributed by atoms with van der Waals surface area (Å²) in [5, 5.41) is 3.34. The Balaban J connectivity index is 0.00000529. The summed E-state index contributed by atoms with van der Waals surface area (Å²) in [5.41, 5.74) is -0.147. The Labute approximate surface area is 164 Å². The number of hydrogen-bond donors (Lipinski definition) is 1. The molecule has 7 heteroatoms. The van der Waals surface area contributed by atoms with Gasteiger partial charge < -0.3 is 19.9 Å². The Kier molecular flexibility index (Phi) is 7.85. The molecule has 0 aromatic heterocycles. The van der Waals surface area contributed by atoms with E-state index >= 15 is 0 Å². The lowest BCUT2D eigenvalue weighted by atomic mass is 9.65. The number of halogens is 1. The Bertz CT molecular complexity index is 470. The summed E-state index contributed by atoms with van der Waals surface area (Å²) < 4.78 is 5.34. The molecule has 0 radical (unpaired) electrons. The number of likely N-dealkylation sites (tertiary alicyclic amines) is 1. The molecule has 0 unspecified atom stereocenters. The Morgan fingerprint density at radius 2 is 1.83 bits per heavy atom. The Morgan fingerprint density at radius 1 is 1.29 bits per heavy atom. The highest BCUT2D eigenvalue weighted by molar-refractivity contribution is 14.0. The normalized spacial score (nSPS) is 19.0. The predicted molar refractivity (Wildman–Crippen MR) is 110 cm³/mol. The van der Waals surface area contributed by atoms with Gasteiger partial charge in [-0.2, -0.15) is 0 Å². The van der Waals surface area contributed by atoms with E-state index in [1.807, 2.05) is 20.8 Å². The molecule has 1 amide bonds. The molecule has 1 saturated heterocycles. The minimum Gasteiger partial charge on any atom is -0.444 e. The SMILES string of the molecule is CN=C(NCCN(C)C(=O)OC(C)(C)C)N1CC(C)(C)C1(C)C.I. The molecule has 1 heterocycles. The first-order valence-corrected chi connectivity index (χ1v) is 8.24. The van der Waals surface area contributed by atoms with Crippen LogP contribution in [0.2, 0.25) is 0 Å². The molecule has 1 aliphatic heterocycles. The van der Waals surface area contributed by atoms with E-state index in [4.69, 9.17) is 4.74 Å². The van der Waals surface area contributed by atoms with E-state index in [0.29, 0.717) is 13.1 Å². The molecule has 1 rings (SSSR count). The highest BCUT2D eigenvalue weighted by Gasteiger charge is 2.53. The summed E-state index contributed by atoms with van der Waals surface area (Å²) in [6.07, 6.45) is -0.306. The van der Waals surface area contributed by atoms with Gasteiger partial charge in [0, 0.05) is 44.7 Å². The van der Waals surface area contributed by atoms with Crippen LogP contribution in [-0.2, 0) is 4.74 Å². The van der Waals surface area contributed by atoms with Crippen LogP contribution in [0.1, 0.15) is 48.5 Å². The van der Waals surface area contributed by atoms with Crippen molar-refractivity contribution in [1.29, 1.82) is 0 Å². The lowest BCUT2D eigenvalue weighted by Crippen LogP contribution is -2.72. The molecule has 6 nitrogen and oxygen atoms in total. The number of hydrogen-bond acceptors (Lipinski definition) is 3. The summed E-state index contributed by atoms with van der Waals surface area (Å²) in [6.45, 7) is 16.8. The van der Waals surface area contributed by atoms with Gasteiger partial charge in [-0.05, 0) is 34.6 Å². The van der Waals surface area contributed by atoms with Crippen molar-refractivity contribution >= 4 is 36.0 Å². The van der Waals surface area contributed by atoms with Gasteiger partial charge in [-0.1, -0.05) is 13.8 Å². The molecule has 0 bridgehead atoms. The Morgan fingerprint density at radius 3 is 2.21 bits per heavy atom. The first kappa shape index (κ1) is 23.3. The molecule has 1 N–H and O–H groups in total. The van der Waals surface area contributed by atoms with Crippen molar-refractivity contribution in [3.63, 3.8) is 0 Å². The lowest BCUT2D eigenvalue weighted by Gasteiger charge is -2.62. The molecule has 1 aliphatic rings. The fourth-order valence-corrected chi connectivity index (χ4v) is 2.46. The summed E-state index contributed by atoms with van der Waals surface area (Å²) in [6, 6.07) is 0. The van der Waals surface area contributed by atoms with Crippen molar-refractivity contribution in [2.45, 2.75) is 59.6 Å². The van der Waals surface area contributed by atoms with Crippen LogP contribution < -0.4 is 5.32 Å². The summed E-state index contributed by atoms with van der Waals surface area (Å²) >= 11 is 0. The van der Waals surface area contributed by atoms with Gasteiger partial charge in [-0.25, -0.2) is 4.79 Å². The highest BCUT2D eigenvalue weighted by Crippen LogP contribution is 2.46. The van der Waals surface area contributed by atoms with Gasteiger partial charge in [0.25, 0.3) is 0 Å². The maximum Gasteiger partial charge on any atom is 0.410 e. The van der Waals surface area contributed by atoms with Crippen molar-refractivity contribution in [3.05, 3.63) is 0 Å². The first-order valence-electron chi connectivity index (χ1n) is 8.24. The standard InChI is InChI=1S/C17H34N4O2.HI/c1-15(2,3)23-14(22)20(9)11-10-19-13(18-8)21-12-16(4,5)17(21,6)7;/h10-12H2,1-9H3,(H,18,19);1H. The van der Waals surface area contributed by atoms with Crippen LogP contribution in [0.5, 0.6) is 0 Å². The molecular weight excluding hydrogens is 419 g/mol. The maximum atomic E-state index is 11.9. The van der Waals surface area contributed by atoms with E-state index in [-0.39, 0.29) is 41.0 Å². The molecule has 0 saturated carbocycles. The van der Waals surface area contributed by atoms with Crippen LogP contribution in [-0.4, -0.2) is 66.7 Å². The highest BCUT2D eigenvalue weighted by atomic mass is 127. The van der Waals surface area contributed by atoms with E-state index in [9.17, 15) is 4.79 Å². The van der Waals surface area contributed by atoms with Crippen molar-refractivity contribution in [1.82, 2.24) is 15.1 Å². The van der Waals surface area contributed by atoms with E-state index in [2.05, 4.69) is 42.9 Å². The number of ether oxygens (including phenoxy) is 1. The van der Waals surface area contributed by atoms with Gasteiger partial charge in [-0.15, -0.1) is 24.0 Å². The molecule has 0 aromatic carbocycles. The minimum atomic E-state index is -0.470. The smallest absolute Gasteiger partial charge is 0.410 e. The molecular formula is C17H35IN4O2. The quantitative estimate of drug-likeness (QED) is 0.405. The number of carbonyl (C=O) groups is 1. The fraction of sp³-hybridized carbons (Fsp3) is 0.882. The maximum absolute atomic E-state index is 11.9. The van der Waals surface area contributed by atoms with E-state index in [1.54, 1.807) is 19.0 Å². The average Bonchev–Trinajstić information content (AvgIpc) is 2.39. The van der Waals surface area contributed by atoms with Crippen LogP contribution in [0.4, 0.5) is 4.79 Å². The van der Waals surface area contributed by atoms with E-state index in [0.717, 1.165) is 12.5 Å². The number of nitrogens with zero attached hydrogens (tertiary/aromatic N) is 3. The average molecular weight is 454 g/mol. The Hall–Kier alpha value is -0.730. The largest absolute Gasteiger partial charge is 0.444 e. The van der Waals surface area contributed by atoms with Crippen LogP contribution >= 0.6 is 24.0 Å². The second kappa shape index (κ2) is 8.10. The molecule has 0 aliphatic carbocycles. The molecule has 1 fully saturated rings. The van der Waals surface area contributed by atoms with Crippen molar-refractivity contribution < 1.29 is 9.53 Å². The van der Waals surface area contributed by atoms with Gasteiger partial charge in [0.2, 0.25) is 0 Å². The third kappa shape index (κ3) is 5.39. The predicted octanol–water partition coefficient (Wildman–Crippen LogP) is 3.17. The monoisotopic (exact) mass is 454 g/mol. The molecule has 24 heavy (non-hydrogen) atoms. The number of rotatable bonds is 3. The van der Waals surface area contributed by atoms with Crippen LogP contribution in [0, 0.1) is 5.41 Å². The topological polar surface area (TPSA) is 57.2 Å². The lowest BCUT2D eigenvalue weighted by molar-refractivity contribution is -0.0667. The first-order chi connectivity index (χ1) is 10.3. The minimum absolute atomic E-state index is 0. The van der Waals surface area contributed by atoms with Gasteiger partial charge in [0.05, 0.1) is 0 Å². The second-order valence-corrected chi connectivity index (χ2v) is 8.40. The molecule has 0 atom stereocenters. The van der Waals surface area contributed by atoms with Crippen molar-refractivity contribution in [3.8, 4) is 0 Å². The zero-order chi connectivity index (χ0) is 18.1. The zero-order valence-corrected chi connectivity index (χ0v) is 19.0. The summed E-state index contributed by atoms with van der Waals surface area (Å²) in [4.78, 5) is 20.2.